The third-order valence-corrected chi connectivity index (χ3v) is 5.24. The molecule has 0 unspecified atom stereocenters. The molecule has 0 bridgehead atoms. The Morgan fingerprint density at radius 1 is 1.19 bits per heavy atom. The molecule has 0 N–H and O–H groups in total. The van der Waals surface area contributed by atoms with Crippen molar-refractivity contribution in [3.63, 3.8) is 0 Å². The summed E-state index contributed by atoms with van der Waals surface area (Å²) in [5.41, 5.74) is 1.09. The fraction of sp³-hybridized carbons (Fsp3) is 0.684. The van der Waals surface area contributed by atoms with Crippen LogP contribution in [0, 0.1) is 10.8 Å². The van der Waals surface area contributed by atoms with Crippen LogP contribution in [0.2, 0.25) is 0 Å². The van der Waals surface area contributed by atoms with E-state index in [0.717, 1.165) is 31.4 Å². The Kier molecular flexibility index (Phi) is 5.18. The fourth-order valence-electron chi connectivity index (χ4n) is 3.82. The summed E-state index contributed by atoms with van der Waals surface area (Å²) >= 11 is 0. The third kappa shape index (κ3) is 3.72. The highest BCUT2D eigenvalue weighted by atomic mass is 16.1. The monoisotopic (exact) mass is 287 g/mol. The molecular formula is C19H29NO. The molecule has 1 aromatic heterocycles. The van der Waals surface area contributed by atoms with Crippen molar-refractivity contribution in [2.24, 2.45) is 10.8 Å². The van der Waals surface area contributed by atoms with Gasteiger partial charge in [-0.05, 0) is 43.2 Å². The molecule has 0 aromatic carbocycles. The number of hydrogen-bond acceptors (Lipinski definition) is 2. The lowest BCUT2D eigenvalue weighted by molar-refractivity contribution is -0.138. The van der Waals surface area contributed by atoms with Crippen molar-refractivity contribution in [3.05, 3.63) is 30.1 Å². The minimum atomic E-state index is -0.0879. The predicted octanol–water partition coefficient (Wildman–Crippen LogP) is 4.97. The molecule has 0 atom stereocenters. The van der Waals surface area contributed by atoms with Gasteiger partial charge in [0, 0.05) is 23.7 Å². The molecule has 0 radical (unpaired) electrons. The van der Waals surface area contributed by atoms with Gasteiger partial charge in [0.15, 0.2) is 0 Å². The molecule has 0 spiro atoms. The van der Waals surface area contributed by atoms with Gasteiger partial charge in [0.25, 0.3) is 0 Å². The summed E-state index contributed by atoms with van der Waals surface area (Å²) in [5, 5.41) is 0. The van der Waals surface area contributed by atoms with Gasteiger partial charge in [-0.3, -0.25) is 9.78 Å². The Hall–Kier alpha value is -1.18. The molecule has 1 saturated carbocycles. The van der Waals surface area contributed by atoms with Crippen molar-refractivity contribution >= 4 is 5.78 Å². The summed E-state index contributed by atoms with van der Waals surface area (Å²) in [6, 6.07) is 6.00. The molecular weight excluding hydrogens is 258 g/mol. The number of rotatable bonds is 5. The van der Waals surface area contributed by atoms with Crippen LogP contribution in [-0.2, 0) is 11.2 Å². The standard InChI is InChI=1S/C19H29NO/c1-18(2,3)19(13-6-4-7-14-19)17(21)12-9-11-16-10-5-8-15-20-16/h5,8,10,15H,4,6-7,9,11-14H2,1-3H3. The lowest BCUT2D eigenvalue weighted by Gasteiger charge is -2.46. The van der Waals surface area contributed by atoms with Gasteiger partial charge in [0.1, 0.15) is 5.78 Å². The maximum absolute atomic E-state index is 12.9. The van der Waals surface area contributed by atoms with Gasteiger partial charge in [0.2, 0.25) is 0 Å². The molecule has 0 aliphatic heterocycles. The normalized spacial score (nSPS) is 18.4. The quantitative estimate of drug-likeness (QED) is 0.765. The average Bonchev–Trinajstić information content (AvgIpc) is 2.48. The summed E-state index contributed by atoms with van der Waals surface area (Å²) in [5.74, 6) is 0.491. The number of ketones is 1. The van der Waals surface area contributed by atoms with Gasteiger partial charge >= 0.3 is 0 Å². The van der Waals surface area contributed by atoms with E-state index in [0.29, 0.717) is 12.2 Å². The molecule has 1 aliphatic rings. The molecule has 0 saturated heterocycles. The Balaban J connectivity index is 1.96. The summed E-state index contributed by atoms with van der Waals surface area (Å²) in [6.45, 7) is 6.74. The van der Waals surface area contributed by atoms with E-state index in [1.807, 2.05) is 24.4 Å². The molecule has 1 aromatic rings. The van der Waals surface area contributed by atoms with E-state index in [1.165, 1.54) is 19.3 Å². The Morgan fingerprint density at radius 2 is 1.90 bits per heavy atom. The predicted molar refractivity (Wildman–Crippen MR) is 87.2 cm³/mol. The highest BCUT2D eigenvalue weighted by molar-refractivity contribution is 5.85. The number of aryl methyl sites for hydroxylation is 1. The first-order valence-electron chi connectivity index (χ1n) is 8.39. The molecule has 2 heteroatoms. The van der Waals surface area contributed by atoms with Gasteiger partial charge < -0.3 is 0 Å². The average molecular weight is 287 g/mol. The van der Waals surface area contributed by atoms with Gasteiger partial charge in [-0.25, -0.2) is 0 Å². The van der Waals surface area contributed by atoms with E-state index >= 15 is 0 Å². The fourth-order valence-corrected chi connectivity index (χ4v) is 3.82. The van der Waals surface area contributed by atoms with E-state index in [4.69, 9.17) is 0 Å². The summed E-state index contributed by atoms with van der Waals surface area (Å²) in [4.78, 5) is 17.3. The highest BCUT2D eigenvalue weighted by Crippen LogP contribution is 2.50. The first-order chi connectivity index (χ1) is 9.96. The van der Waals surface area contributed by atoms with Gasteiger partial charge in [0.05, 0.1) is 0 Å². The number of hydrogen-bond donors (Lipinski definition) is 0. The zero-order valence-corrected chi connectivity index (χ0v) is 13.8. The van der Waals surface area contributed by atoms with Gasteiger partial charge in [-0.2, -0.15) is 0 Å². The number of carbonyl (C=O) groups excluding carboxylic acids is 1. The zero-order valence-electron chi connectivity index (χ0n) is 13.8. The molecule has 2 rings (SSSR count). The third-order valence-electron chi connectivity index (χ3n) is 5.24. The second-order valence-corrected chi connectivity index (χ2v) is 7.49. The molecule has 1 aliphatic carbocycles. The highest BCUT2D eigenvalue weighted by Gasteiger charge is 2.47. The Labute approximate surface area is 129 Å². The molecule has 116 valence electrons. The molecule has 21 heavy (non-hydrogen) atoms. The number of carbonyl (C=O) groups is 1. The minimum absolute atomic E-state index is 0.0789. The second-order valence-electron chi connectivity index (χ2n) is 7.49. The molecule has 0 amide bonds. The van der Waals surface area contributed by atoms with E-state index in [1.54, 1.807) is 0 Å². The molecule has 1 fully saturated rings. The van der Waals surface area contributed by atoms with Crippen LogP contribution in [0.5, 0.6) is 0 Å². The van der Waals surface area contributed by atoms with Crippen LogP contribution in [0.15, 0.2) is 24.4 Å². The van der Waals surface area contributed by atoms with Crippen LogP contribution in [0.1, 0.15) is 71.4 Å². The van der Waals surface area contributed by atoms with Crippen LogP contribution in [0.3, 0.4) is 0 Å². The lowest BCUT2D eigenvalue weighted by Crippen LogP contribution is -2.44. The van der Waals surface area contributed by atoms with Crippen molar-refractivity contribution in [2.45, 2.75) is 72.1 Å². The smallest absolute Gasteiger partial charge is 0.139 e. The van der Waals surface area contributed by atoms with Crippen molar-refractivity contribution < 1.29 is 4.79 Å². The lowest BCUT2D eigenvalue weighted by atomic mass is 9.56. The van der Waals surface area contributed by atoms with Gasteiger partial charge in [-0.1, -0.05) is 46.1 Å². The Bertz CT molecular complexity index is 452. The van der Waals surface area contributed by atoms with E-state index in [9.17, 15) is 4.79 Å². The first-order valence-corrected chi connectivity index (χ1v) is 8.39. The largest absolute Gasteiger partial charge is 0.299 e. The SMILES string of the molecule is CC(C)(C)C1(C(=O)CCCc2ccccn2)CCCCC1. The number of Topliss-reactive ketones (excluding diaryl/α,β-unsaturated/α-hetero) is 1. The molecule has 1 heterocycles. The van der Waals surface area contributed by atoms with Gasteiger partial charge in [-0.15, -0.1) is 0 Å². The maximum atomic E-state index is 12.9. The van der Waals surface area contributed by atoms with E-state index < -0.39 is 0 Å². The van der Waals surface area contributed by atoms with E-state index in [-0.39, 0.29) is 10.8 Å². The van der Waals surface area contributed by atoms with Crippen molar-refractivity contribution in [1.29, 1.82) is 0 Å². The summed E-state index contributed by atoms with van der Waals surface area (Å²) in [6.07, 6.45) is 10.2. The summed E-state index contributed by atoms with van der Waals surface area (Å²) in [7, 11) is 0. The molecule has 2 nitrogen and oxygen atoms in total. The van der Waals surface area contributed by atoms with E-state index in [2.05, 4.69) is 25.8 Å². The topological polar surface area (TPSA) is 30.0 Å². The number of pyridine rings is 1. The van der Waals surface area contributed by atoms with Crippen molar-refractivity contribution in [1.82, 2.24) is 4.98 Å². The van der Waals surface area contributed by atoms with Crippen LogP contribution in [0.25, 0.3) is 0 Å². The zero-order chi connectivity index (χ0) is 15.3. The van der Waals surface area contributed by atoms with Crippen molar-refractivity contribution in [2.75, 3.05) is 0 Å². The minimum Gasteiger partial charge on any atom is -0.299 e. The van der Waals surface area contributed by atoms with Crippen LogP contribution in [-0.4, -0.2) is 10.8 Å². The number of aromatic nitrogens is 1. The maximum Gasteiger partial charge on any atom is 0.139 e. The van der Waals surface area contributed by atoms with Crippen molar-refractivity contribution in [3.8, 4) is 0 Å². The number of nitrogens with zero attached hydrogens (tertiary/aromatic N) is 1. The summed E-state index contributed by atoms with van der Waals surface area (Å²) < 4.78 is 0. The second kappa shape index (κ2) is 6.72. The Morgan fingerprint density at radius 3 is 2.48 bits per heavy atom. The van der Waals surface area contributed by atoms with Crippen LogP contribution < -0.4 is 0 Å². The first kappa shape index (κ1) is 16.2. The van der Waals surface area contributed by atoms with Crippen LogP contribution >= 0.6 is 0 Å². The van der Waals surface area contributed by atoms with Crippen LogP contribution in [0.4, 0.5) is 0 Å².